The first-order valence-electron chi connectivity index (χ1n) is 5.56. The molecule has 1 aromatic rings. The van der Waals surface area contributed by atoms with Gasteiger partial charge in [0.2, 0.25) is 0 Å². The summed E-state index contributed by atoms with van der Waals surface area (Å²) in [4.78, 5) is 0.620. The molecule has 1 saturated carbocycles. The molecule has 1 aromatic carbocycles. The molecule has 0 spiro atoms. The Labute approximate surface area is 99.0 Å². The zero-order valence-corrected chi connectivity index (χ0v) is 10.5. The molecule has 0 radical (unpaired) electrons. The molecule has 2 rings (SSSR count). The first-order valence-corrected chi connectivity index (χ1v) is 6.47. The first-order chi connectivity index (χ1) is 7.18. The van der Waals surface area contributed by atoms with Gasteiger partial charge in [-0.25, -0.2) is 4.39 Å². The number of hydrogen-bond acceptors (Lipinski definition) is 0. The fourth-order valence-electron chi connectivity index (χ4n) is 2.43. The van der Waals surface area contributed by atoms with E-state index in [9.17, 15) is 4.39 Å². The van der Waals surface area contributed by atoms with E-state index in [1.165, 1.54) is 12.8 Å². The number of rotatable bonds is 2. The third-order valence-corrected chi connectivity index (χ3v) is 4.86. The topological polar surface area (TPSA) is 0 Å². The van der Waals surface area contributed by atoms with Gasteiger partial charge < -0.3 is 0 Å². The Bertz CT molecular complexity index is 337. The van der Waals surface area contributed by atoms with E-state index in [4.69, 9.17) is 0 Å². The molecule has 0 aliphatic heterocycles. The van der Waals surface area contributed by atoms with Gasteiger partial charge in [0.1, 0.15) is 5.82 Å². The van der Waals surface area contributed by atoms with Gasteiger partial charge in [-0.2, -0.15) is 0 Å². The van der Waals surface area contributed by atoms with Gasteiger partial charge in [-0.05, 0) is 42.7 Å². The van der Waals surface area contributed by atoms with Crippen molar-refractivity contribution in [2.24, 2.45) is 11.8 Å². The van der Waals surface area contributed by atoms with Gasteiger partial charge in [0.05, 0.1) is 0 Å². The largest absolute Gasteiger partial charge is 0.207 e. The Hall–Kier alpha value is -0.370. The number of benzene rings is 1. The van der Waals surface area contributed by atoms with E-state index in [0.717, 1.165) is 12.0 Å². The molecule has 0 bridgehead atoms. The fraction of sp³-hybridized carbons (Fsp3) is 0.538. The van der Waals surface area contributed by atoms with Crippen LogP contribution in [0.3, 0.4) is 0 Å². The Balaban J connectivity index is 2.07. The monoisotopic (exact) mass is 270 g/mol. The van der Waals surface area contributed by atoms with Crippen LogP contribution in [0.15, 0.2) is 24.3 Å². The van der Waals surface area contributed by atoms with Crippen molar-refractivity contribution in [1.82, 2.24) is 0 Å². The Kier molecular flexibility index (Phi) is 3.45. The highest BCUT2D eigenvalue weighted by atomic mass is 79.9. The average molecular weight is 271 g/mol. The van der Waals surface area contributed by atoms with Crippen LogP contribution in [-0.2, 0) is 6.42 Å². The second kappa shape index (κ2) is 4.65. The molecule has 1 fully saturated rings. The number of halogens is 2. The maximum absolute atomic E-state index is 13.5. The minimum absolute atomic E-state index is 0.0530. The Morgan fingerprint density at radius 2 is 2.07 bits per heavy atom. The van der Waals surface area contributed by atoms with Gasteiger partial charge in [-0.15, -0.1) is 0 Å². The molecule has 3 unspecified atom stereocenters. The smallest absolute Gasteiger partial charge is 0.126 e. The molecule has 1 aliphatic carbocycles. The summed E-state index contributed by atoms with van der Waals surface area (Å²) in [5.74, 6) is 1.23. The third kappa shape index (κ3) is 2.41. The van der Waals surface area contributed by atoms with E-state index >= 15 is 0 Å². The van der Waals surface area contributed by atoms with E-state index in [2.05, 4.69) is 22.9 Å². The van der Waals surface area contributed by atoms with Crippen LogP contribution in [0.2, 0.25) is 0 Å². The summed E-state index contributed by atoms with van der Waals surface area (Å²) >= 11 is 3.68. The maximum atomic E-state index is 13.5. The Morgan fingerprint density at radius 3 is 2.67 bits per heavy atom. The first kappa shape index (κ1) is 11.1. The van der Waals surface area contributed by atoms with Crippen molar-refractivity contribution >= 4 is 15.9 Å². The highest BCUT2D eigenvalue weighted by molar-refractivity contribution is 9.09. The minimum Gasteiger partial charge on any atom is -0.207 e. The van der Waals surface area contributed by atoms with Crippen molar-refractivity contribution in [1.29, 1.82) is 0 Å². The second-order valence-electron chi connectivity index (χ2n) is 4.51. The molecule has 0 nitrogen and oxygen atoms in total. The normalized spacial score (nSPS) is 30.7. The lowest BCUT2D eigenvalue weighted by Crippen LogP contribution is -2.13. The highest BCUT2D eigenvalue weighted by Crippen LogP contribution is 2.38. The lowest BCUT2D eigenvalue weighted by Gasteiger charge is -2.17. The highest BCUT2D eigenvalue weighted by Gasteiger charge is 2.31. The third-order valence-electron chi connectivity index (χ3n) is 3.57. The minimum atomic E-state index is -0.0530. The van der Waals surface area contributed by atoms with Gasteiger partial charge in [-0.1, -0.05) is 41.1 Å². The average Bonchev–Trinajstić information content (AvgIpc) is 2.53. The van der Waals surface area contributed by atoms with Crippen molar-refractivity contribution in [2.75, 3.05) is 0 Å². The molecule has 3 atom stereocenters. The predicted molar refractivity (Wildman–Crippen MR) is 64.7 cm³/mol. The summed E-state index contributed by atoms with van der Waals surface area (Å²) in [6.07, 6.45) is 3.32. The molecule has 0 amide bonds. The molecule has 0 N–H and O–H groups in total. The zero-order valence-electron chi connectivity index (χ0n) is 8.92. The van der Waals surface area contributed by atoms with E-state index in [1.54, 1.807) is 12.1 Å². The molecule has 82 valence electrons. The van der Waals surface area contributed by atoms with Gasteiger partial charge in [0.25, 0.3) is 0 Å². The summed E-state index contributed by atoms with van der Waals surface area (Å²) in [7, 11) is 0. The summed E-state index contributed by atoms with van der Waals surface area (Å²) in [5.41, 5.74) is 0.871. The second-order valence-corrected chi connectivity index (χ2v) is 5.68. The molecule has 15 heavy (non-hydrogen) atoms. The van der Waals surface area contributed by atoms with Crippen LogP contribution in [0.25, 0.3) is 0 Å². The van der Waals surface area contributed by atoms with Crippen LogP contribution in [0.5, 0.6) is 0 Å². The van der Waals surface area contributed by atoms with Crippen LogP contribution in [0.1, 0.15) is 25.3 Å². The standard InChI is InChI=1S/C13H16BrF/c1-9-10(6-7-12(9)14)8-11-4-2-3-5-13(11)15/h2-5,9-10,12H,6-8H2,1H3. The lowest BCUT2D eigenvalue weighted by molar-refractivity contribution is 0.416. The van der Waals surface area contributed by atoms with Crippen LogP contribution >= 0.6 is 15.9 Å². The van der Waals surface area contributed by atoms with Crippen molar-refractivity contribution < 1.29 is 4.39 Å². The quantitative estimate of drug-likeness (QED) is 0.708. The van der Waals surface area contributed by atoms with Gasteiger partial charge in [0.15, 0.2) is 0 Å². The summed E-state index contributed by atoms with van der Waals surface area (Å²) in [6.45, 7) is 2.26. The van der Waals surface area contributed by atoms with E-state index in [-0.39, 0.29) is 5.82 Å². The molecular weight excluding hydrogens is 255 g/mol. The van der Waals surface area contributed by atoms with Gasteiger partial charge >= 0.3 is 0 Å². The summed E-state index contributed by atoms with van der Waals surface area (Å²) in [6, 6.07) is 7.14. The van der Waals surface area contributed by atoms with Crippen LogP contribution in [-0.4, -0.2) is 4.83 Å². The Morgan fingerprint density at radius 1 is 1.33 bits per heavy atom. The van der Waals surface area contributed by atoms with Gasteiger partial charge in [0, 0.05) is 4.83 Å². The van der Waals surface area contributed by atoms with Crippen LogP contribution in [0.4, 0.5) is 4.39 Å². The van der Waals surface area contributed by atoms with Crippen molar-refractivity contribution in [3.05, 3.63) is 35.6 Å². The van der Waals surface area contributed by atoms with E-state index < -0.39 is 0 Å². The number of hydrogen-bond donors (Lipinski definition) is 0. The predicted octanol–water partition coefficient (Wildman–Crippen LogP) is 4.18. The SMILES string of the molecule is CC1C(Br)CCC1Cc1ccccc1F. The van der Waals surface area contributed by atoms with E-state index in [1.807, 2.05) is 12.1 Å². The molecular formula is C13H16BrF. The van der Waals surface area contributed by atoms with Gasteiger partial charge in [-0.3, -0.25) is 0 Å². The maximum Gasteiger partial charge on any atom is 0.126 e. The zero-order chi connectivity index (χ0) is 10.8. The molecule has 0 heterocycles. The summed E-state index contributed by atoms with van der Waals surface area (Å²) in [5, 5.41) is 0. The molecule has 1 aliphatic rings. The lowest BCUT2D eigenvalue weighted by atomic mass is 9.91. The molecule has 0 aromatic heterocycles. The van der Waals surface area contributed by atoms with Crippen molar-refractivity contribution in [3.63, 3.8) is 0 Å². The fourth-order valence-corrected chi connectivity index (χ4v) is 3.12. The van der Waals surface area contributed by atoms with E-state index in [0.29, 0.717) is 16.7 Å². The van der Waals surface area contributed by atoms with Crippen molar-refractivity contribution in [3.8, 4) is 0 Å². The van der Waals surface area contributed by atoms with Crippen LogP contribution in [0, 0.1) is 17.7 Å². The molecule has 0 saturated heterocycles. The molecule has 2 heteroatoms. The van der Waals surface area contributed by atoms with Crippen molar-refractivity contribution in [2.45, 2.75) is 31.0 Å². The number of alkyl halides is 1. The summed E-state index contributed by atoms with van der Waals surface area (Å²) < 4.78 is 13.5. The van der Waals surface area contributed by atoms with Crippen LogP contribution < -0.4 is 0 Å².